The zero-order chi connectivity index (χ0) is 25.9. The van der Waals surface area contributed by atoms with Crippen molar-refractivity contribution in [3.63, 3.8) is 0 Å². The molecule has 2 aromatic carbocycles. The van der Waals surface area contributed by atoms with E-state index in [1.807, 2.05) is 7.05 Å². The van der Waals surface area contributed by atoms with Gasteiger partial charge in [-0.05, 0) is 62.4 Å². The Bertz CT molecular complexity index is 1300. The SMILES string of the molecule is COc1ccc(C(=O)Nc2ccc(S(=O)(=O)N3CCN(C)CC3)cc2)cc1S(=O)(=O)N1CCCCC1. The van der Waals surface area contributed by atoms with Crippen LogP contribution >= 0.6 is 0 Å². The number of sulfonamides is 2. The Labute approximate surface area is 212 Å². The first kappa shape index (κ1) is 26.6. The number of anilines is 1. The molecule has 0 aliphatic carbocycles. The number of piperidine rings is 1. The van der Waals surface area contributed by atoms with Crippen LogP contribution in [0.25, 0.3) is 0 Å². The number of likely N-dealkylation sites (N-methyl/N-ethyl adjacent to an activating group) is 1. The van der Waals surface area contributed by atoms with Crippen LogP contribution in [0, 0.1) is 0 Å². The van der Waals surface area contributed by atoms with Crippen molar-refractivity contribution in [3.05, 3.63) is 48.0 Å². The monoisotopic (exact) mass is 536 g/mol. The van der Waals surface area contributed by atoms with Crippen LogP contribution in [0.2, 0.25) is 0 Å². The first-order valence-electron chi connectivity index (χ1n) is 11.9. The Hall–Kier alpha value is -2.51. The molecule has 0 bridgehead atoms. The van der Waals surface area contributed by atoms with Gasteiger partial charge in [0, 0.05) is 50.5 Å². The Kier molecular flexibility index (Phi) is 8.00. The van der Waals surface area contributed by atoms with E-state index in [-0.39, 0.29) is 21.1 Å². The third-order valence-corrected chi connectivity index (χ3v) is 10.4. The fourth-order valence-corrected chi connectivity index (χ4v) is 7.48. The van der Waals surface area contributed by atoms with Crippen molar-refractivity contribution in [2.24, 2.45) is 0 Å². The molecule has 4 rings (SSSR count). The third kappa shape index (κ3) is 5.57. The Morgan fingerprint density at radius 2 is 1.42 bits per heavy atom. The number of piperazine rings is 1. The molecule has 2 heterocycles. The quantitative estimate of drug-likeness (QED) is 0.576. The molecule has 0 radical (unpaired) electrons. The van der Waals surface area contributed by atoms with Crippen LogP contribution in [0.4, 0.5) is 5.69 Å². The zero-order valence-electron chi connectivity index (χ0n) is 20.5. The van der Waals surface area contributed by atoms with Crippen molar-refractivity contribution in [2.45, 2.75) is 29.1 Å². The van der Waals surface area contributed by atoms with E-state index in [1.165, 1.54) is 58.2 Å². The highest BCUT2D eigenvalue weighted by atomic mass is 32.2. The molecule has 2 saturated heterocycles. The zero-order valence-corrected chi connectivity index (χ0v) is 22.1. The second-order valence-electron chi connectivity index (χ2n) is 9.02. The van der Waals surface area contributed by atoms with Gasteiger partial charge in [0.25, 0.3) is 5.91 Å². The highest BCUT2D eigenvalue weighted by molar-refractivity contribution is 7.89. The summed E-state index contributed by atoms with van der Waals surface area (Å²) in [5.74, 6) is -0.335. The van der Waals surface area contributed by atoms with Gasteiger partial charge in [-0.2, -0.15) is 8.61 Å². The number of hydrogen-bond acceptors (Lipinski definition) is 7. The van der Waals surface area contributed by atoms with Crippen molar-refractivity contribution in [3.8, 4) is 5.75 Å². The van der Waals surface area contributed by atoms with Gasteiger partial charge in [-0.25, -0.2) is 16.8 Å². The van der Waals surface area contributed by atoms with Crippen LogP contribution in [0.3, 0.4) is 0 Å². The summed E-state index contributed by atoms with van der Waals surface area (Å²) in [7, 11) is -4.08. The maximum absolute atomic E-state index is 13.2. The second-order valence-corrected chi connectivity index (χ2v) is 12.9. The molecular weight excluding hydrogens is 504 g/mol. The summed E-state index contributed by atoms with van der Waals surface area (Å²) in [6.07, 6.45) is 2.57. The summed E-state index contributed by atoms with van der Waals surface area (Å²) < 4.78 is 60.5. The number of rotatable bonds is 7. The van der Waals surface area contributed by atoms with Gasteiger partial charge in [-0.15, -0.1) is 0 Å². The predicted octanol–water partition coefficient (Wildman–Crippen LogP) is 2.06. The van der Waals surface area contributed by atoms with Crippen molar-refractivity contribution in [2.75, 3.05) is 58.7 Å². The molecule has 2 aliphatic rings. The van der Waals surface area contributed by atoms with E-state index < -0.39 is 26.0 Å². The van der Waals surface area contributed by atoms with Crippen molar-refractivity contribution >= 4 is 31.6 Å². The number of methoxy groups -OCH3 is 1. The van der Waals surface area contributed by atoms with E-state index in [4.69, 9.17) is 4.74 Å². The average Bonchev–Trinajstić information content (AvgIpc) is 2.89. The lowest BCUT2D eigenvalue weighted by Crippen LogP contribution is -2.46. The largest absolute Gasteiger partial charge is 0.495 e. The lowest BCUT2D eigenvalue weighted by Gasteiger charge is -2.31. The Morgan fingerprint density at radius 1 is 0.806 bits per heavy atom. The topological polar surface area (TPSA) is 116 Å². The lowest BCUT2D eigenvalue weighted by molar-refractivity contribution is 0.102. The molecule has 196 valence electrons. The number of hydrogen-bond donors (Lipinski definition) is 1. The molecule has 0 unspecified atom stereocenters. The summed E-state index contributed by atoms with van der Waals surface area (Å²) in [6, 6.07) is 10.3. The Balaban J connectivity index is 1.51. The smallest absolute Gasteiger partial charge is 0.255 e. The average molecular weight is 537 g/mol. The minimum absolute atomic E-state index is 0.0480. The van der Waals surface area contributed by atoms with Crippen LogP contribution in [0.1, 0.15) is 29.6 Å². The molecule has 2 aromatic rings. The maximum Gasteiger partial charge on any atom is 0.255 e. The molecule has 0 saturated carbocycles. The number of carbonyl (C=O) groups excluding carboxylic acids is 1. The molecule has 12 heteroatoms. The number of ether oxygens (including phenoxy) is 1. The highest BCUT2D eigenvalue weighted by Crippen LogP contribution is 2.30. The minimum atomic E-state index is -3.82. The summed E-state index contributed by atoms with van der Waals surface area (Å²) in [5.41, 5.74) is 0.550. The van der Waals surface area contributed by atoms with Gasteiger partial charge >= 0.3 is 0 Å². The van der Waals surface area contributed by atoms with Crippen molar-refractivity contribution in [1.82, 2.24) is 13.5 Å². The summed E-state index contributed by atoms with van der Waals surface area (Å²) in [6.45, 7) is 3.07. The molecule has 10 nitrogen and oxygen atoms in total. The highest BCUT2D eigenvalue weighted by Gasteiger charge is 2.30. The summed E-state index contributed by atoms with van der Waals surface area (Å²) in [4.78, 5) is 15.1. The van der Waals surface area contributed by atoms with Gasteiger partial charge in [-0.1, -0.05) is 6.42 Å². The molecule has 36 heavy (non-hydrogen) atoms. The van der Waals surface area contributed by atoms with Crippen LogP contribution in [0.15, 0.2) is 52.3 Å². The minimum Gasteiger partial charge on any atom is -0.495 e. The van der Waals surface area contributed by atoms with E-state index >= 15 is 0 Å². The van der Waals surface area contributed by atoms with Gasteiger partial charge in [0.1, 0.15) is 10.6 Å². The molecule has 0 aromatic heterocycles. The Morgan fingerprint density at radius 3 is 2.03 bits per heavy atom. The van der Waals surface area contributed by atoms with E-state index in [2.05, 4.69) is 10.2 Å². The van der Waals surface area contributed by atoms with Crippen molar-refractivity contribution < 1.29 is 26.4 Å². The van der Waals surface area contributed by atoms with E-state index in [0.29, 0.717) is 45.0 Å². The lowest BCUT2D eigenvalue weighted by atomic mass is 10.2. The normalized spacial score (nSPS) is 18.6. The molecule has 0 atom stereocenters. The van der Waals surface area contributed by atoms with Crippen LogP contribution in [0.5, 0.6) is 5.75 Å². The number of carbonyl (C=O) groups is 1. The summed E-state index contributed by atoms with van der Waals surface area (Å²) >= 11 is 0. The number of nitrogens with zero attached hydrogens (tertiary/aromatic N) is 3. The molecule has 2 aliphatic heterocycles. The van der Waals surface area contributed by atoms with Gasteiger partial charge in [0.2, 0.25) is 20.0 Å². The maximum atomic E-state index is 13.2. The fourth-order valence-electron chi connectivity index (χ4n) is 4.35. The number of nitrogens with one attached hydrogen (secondary N) is 1. The molecule has 0 spiro atoms. The van der Waals surface area contributed by atoms with Gasteiger partial charge < -0.3 is 15.0 Å². The predicted molar refractivity (Wildman–Crippen MR) is 136 cm³/mol. The molecule has 2 fully saturated rings. The van der Waals surface area contributed by atoms with Gasteiger partial charge in [0.05, 0.1) is 12.0 Å². The van der Waals surface area contributed by atoms with E-state index in [1.54, 1.807) is 0 Å². The third-order valence-electron chi connectivity index (χ3n) is 6.57. The number of amides is 1. The van der Waals surface area contributed by atoms with Gasteiger partial charge in [-0.3, -0.25) is 4.79 Å². The van der Waals surface area contributed by atoms with E-state index in [9.17, 15) is 21.6 Å². The van der Waals surface area contributed by atoms with Crippen LogP contribution in [-0.4, -0.2) is 89.7 Å². The standard InChI is InChI=1S/C24H32N4O6S2/c1-26-14-16-28(17-15-26)35(30,31)21-9-7-20(8-10-21)25-24(29)19-6-11-22(34-2)23(18-19)36(32,33)27-12-4-3-5-13-27/h6-11,18H,3-5,12-17H2,1-2H3,(H,25,29). The second kappa shape index (κ2) is 10.9. The van der Waals surface area contributed by atoms with Crippen LogP contribution in [-0.2, 0) is 20.0 Å². The van der Waals surface area contributed by atoms with Crippen molar-refractivity contribution in [1.29, 1.82) is 0 Å². The fraction of sp³-hybridized carbons (Fsp3) is 0.458. The van der Waals surface area contributed by atoms with Crippen LogP contribution < -0.4 is 10.1 Å². The first-order chi connectivity index (χ1) is 17.1. The van der Waals surface area contributed by atoms with E-state index in [0.717, 1.165) is 19.3 Å². The molecule has 1 N–H and O–H groups in total. The first-order valence-corrected chi connectivity index (χ1v) is 14.8. The number of benzene rings is 2. The molecule has 1 amide bonds. The summed E-state index contributed by atoms with van der Waals surface area (Å²) in [5, 5.41) is 2.71. The van der Waals surface area contributed by atoms with Gasteiger partial charge in [0.15, 0.2) is 0 Å². The molecular formula is C24H32N4O6S2.